The monoisotopic (exact) mass is 466 g/mol. The van der Waals surface area contributed by atoms with Crippen LogP contribution in [-0.2, 0) is 4.79 Å². The van der Waals surface area contributed by atoms with Crippen LogP contribution in [0.2, 0.25) is 0 Å². The van der Waals surface area contributed by atoms with Gasteiger partial charge in [0.1, 0.15) is 6.29 Å². The molecule has 0 radical (unpaired) electrons. The van der Waals surface area contributed by atoms with Crippen LogP contribution in [0.15, 0.2) is 59.1 Å². The summed E-state index contributed by atoms with van der Waals surface area (Å²) < 4.78 is 2.36. The van der Waals surface area contributed by atoms with Gasteiger partial charge in [-0.25, -0.2) is 0 Å². The lowest BCUT2D eigenvalue weighted by molar-refractivity contribution is -0.111. The highest BCUT2D eigenvalue weighted by Crippen LogP contribution is 2.42. The lowest BCUT2D eigenvalue weighted by Crippen LogP contribution is -2.19. The molecule has 1 nitrogen and oxygen atoms in total. The Labute approximate surface area is 153 Å². The lowest BCUT2D eigenvalue weighted by atomic mass is 9.75. The SMILES string of the molecule is O=CC1CC=C(c2ccccc2Br)CC1c1ccccc1I. The molecule has 1 aliphatic carbocycles. The van der Waals surface area contributed by atoms with Crippen molar-refractivity contribution in [1.29, 1.82) is 0 Å². The minimum Gasteiger partial charge on any atom is -0.303 e. The Hall–Kier alpha value is -0.940. The van der Waals surface area contributed by atoms with E-state index in [9.17, 15) is 4.79 Å². The van der Waals surface area contributed by atoms with E-state index in [1.165, 1.54) is 20.3 Å². The summed E-state index contributed by atoms with van der Waals surface area (Å²) in [5.74, 6) is 0.333. The predicted octanol–water partition coefficient (Wildman–Crippen LogP) is 5.83. The molecule has 112 valence electrons. The third kappa shape index (κ3) is 3.20. The molecule has 2 aromatic carbocycles. The van der Waals surface area contributed by atoms with Crippen LogP contribution in [0, 0.1) is 9.49 Å². The molecule has 2 unspecified atom stereocenters. The summed E-state index contributed by atoms with van der Waals surface area (Å²) in [7, 11) is 0. The second-order valence-electron chi connectivity index (χ2n) is 5.58. The number of hydrogen-bond donors (Lipinski definition) is 0. The van der Waals surface area contributed by atoms with E-state index in [1.54, 1.807) is 0 Å². The Morgan fingerprint density at radius 1 is 1.09 bits per heavy atom. The van der Waals surface area contributed by atoms with Crippen LogP contribution in [0.4, 0.5) is 0 Å². The van der Waals surface area contributed by atoms with E-state index in [0.717, 1.165) is 23.6 Å². The van der Waals surface area contributed by atoms with Crippen LogP contribution in [0.25, 0.3) is 5.57 Å². The number of halogens is 2. The molecule has 22 heavy (non-hydrogen) atoms. The Balaban J connectivity index is 1.98. The van der Waals surface area contributed by atoms with Gasteiger partial charge < -0.3 is 4.79 Å². The maximum atomic E-state index is 11.5. The molecule has 0 amide bonds. The van der Waals surface area contributed by atoms with E-state index in [1.807, 2.05) is 6.07 Å². The van der Waals surface area contributed by atoms with E-state index in [-0.39, 0.29) is 11.8 Å². The second kappa shape index (κ2) is 7.09. The Kier molecular flexibility index (Phi) is 5.14. The van der Waals surface area contributed by atoms with Gasteiger partial charge in [0.15, 0.2) is 0 Å². The van der Waals surface area contributed by atoms with Gasteiger partial charge in [-0.05, 0) is 70.2 Å². The first-order chi connectivity index (χ1) is 10.7. The maximum absolute atomic E-state index is 11.5. The van der Waals surface area contributed by atoms with Crippen molar-refractivity contribution in [2.75, 3.05) is 0 Å². The summed E-state index contributed by atoms with van der Waals surface area (Å²) in [6.45, 7) is 0. The van der Waals surface area contributed by atoms with Gasteiger partial charge in [0, 0.05) is 14.0 Å². The molecule has 3 heteroatoms. The molecule has 0 fully saturated rings. The molecule has 2 atom stereocenters. The average molecular weight is 467 g/mol. The van der Waals surface area contributed by atoms with Gasteiger partial charge in [-0.3, -0.25) is 0 Å². The molecular weight excluding hydrogens is 451 g/mol. The van der Waals surface area contributed by atoms with E-state index in [4.69, 9.17) is 0 Å². The summed E-state index contributed by atoms with van der Waals surface area (Å²) in [4.78, 5) is 11.5. The number of aldehydes is 1. The zero-order valence-corrected chi connectivity index (χ0v) is 15.8. The predicted molar refractivity (Wildman–Crippen MR) is 103 cm³/mol. The Morgan fingerprint density at radius 2 is 1.82 bits per heavy atom. The van der Waals surface area contributed by atoms with Crippen molar-refractivity contribution in [3.05, 3.63) is 73.8 Å². The van der Waals surface area contributed by atoms with Crippen molar-refractivity contribution in [3.8, 4) is 0 Å². The van der Waals surface area contributed by atoms with Crippen molar-refractivity contribution in [2.45, 2.75) is 18.8 Å². The van der Waals surface area contributed by atoms with Crippen LogP contribution >= 0.6 is 38.5 Å². The van der Waals surface area contributed by atoms with E-state index in [2.05, 4.69) is 87.1 Å². The molecule has 0 bridgehead atoms. The van der Waals surface area contributed by atoms with Crippen molar-refractivity contribution >= 4 is 50.4 Å². The van der Waals surface area contributed by atoms with Crippen LogP contribution in [0.1, 0.15) is 29.9 Å². The third-order valence-electron chi connectivity index (χ3n) is 4.29. The summed E-state index contributed by atoms with van der Waals surface area (Å²) in [6.07, 6.45) is 5.08. The van der Waals surface area contributed by atoms with Gasteiger partial charge >= 0.3 is 0 Å². The highest BCUT2D eigenvalue weighted by molar-refractivity contribution is 14.1. The highest BCUT2D eigenvalue weighted by atomic mass is 127. The molecule has 2 aromatic rings. The lowest BCUT2D eigenvalue weighted by Gasteiger charge is -2.29. The van der Waals surface area contributed by atoms with E-state index >= 15 is 0 Å². The fourth-order valence-corrected chi connectivity index (χ4v) is 4.45. The fourth-order valence-electron chi connectivity index (χ4n) is 3.12. The molecule has 0 aliphatic heterocycles. The number of carbonyl (C=O) groups excluding carboxylic acids is 1. The van der Waals surface area contributed by atoms with E-state index in [0.29, 0.717) is 0 Å². The first kappa shape index (κ1) is 15.9. The molecule has 0 saturated carbocycles. The molecule has 0 spiro atoms. The zero-order chi connectivity index (χ0) is 15.5. The first-order valence-electron chi connectivity index (χ1n) is 7.34. The van der Waals surface area contributed by atoms with Crippen LogP contribution in [0.5, 0.6) is 0 Å². The molecular formula is C19H16BrIO. The van der Waals surface area contributed by atoms with Gasteiger partial charge in [-0.15, -0.1) is 0 Å². The highest BCUT2D eigenvalue weighted by Gasteiger charge is 2.29. The maximum Gasteiger partial charge on any atom is 0.124 e. The van der Waals surface area contributed by atoms with Crippen molar-refractivity contribution in [3.63, 3.8) is 0 Å². The number of hydrogen-bond acceptors (Lipinski definition) is 1. The quantitative estimate of drug-likeness (QED) is 0.410. The topological polar surface area (TPSA) is 17.1 Å². The molecule has 3 rings (SSSR count). The number of rotatable bonds is 3. The van der Waals surface area contributed by atoms with Gasteiger partial charge in [0.05, 0.1) is 0 Å². The summed E-state index contributed by atoms with van der Waals surface area (Å²) >= 11 is 6.02. The third-order valence-corrected chi connectivity index (χ3v) is 5.97. The van der Waals surface area contributed by atoms with Crippen molar-refractivity contribution in [1.82, 2.24) is 0 Å². The molecule has 0 aromatic heterocycles. The van der Waals surface area contributed by atoms with Gasteiger partial charge in [0.25, 0.3) is 0 Å². The largest absolute Gasteiger partial charge is 0.303 e. The zero-order valence-electron chi connectivity index (χ0n) is 12.0. The Morgan fingerprint density at radius 3 is 2.55 bits per heavy atom. The molecule has 1 aliphatic rings. The summed E-state index contributed by atoms with van der Waals surface area (Å²) in [6, 6.07) is 16.7. The van der Waals surface area contributed by atoms with Gasteiger partial charge in [-0.2, -0.15) is 0 Å². The van der Waals surface area contributed by atoms with Crippen LogP contribution < -0.4 is 0 Å². The molecule has 0 saturated heterocycles. The number of carbonyl (C=O) groups is 1. The van der Waals surface area contributed by atoms with Crippen LogP contribution in [-0.4, -0.2) is 6.29 Å². The fraction of sp³-hybridized carbons (Fsp3) is 0.211. The van der Waals surface area contributed by atoms with Crippen molar-refractivity contribution < 1.29 is 4.79 Å². The second-order valence-corrected chi connectivity index (χ2v) is 7.59. The summed E-state index contributed by atoms with van der Waals surface area (Å²) in [5, 5.41) is 0. The van der Waals surface area contributed by atoms with E-state index < -0.39 is 0 Å². The van der Waals surface area contributed by atoms with Crippen LogP contribution in [0.3, 0.4) is 0 Å². The normalized spacial score (nSPS) is 21.3. The minimum atomic E-state index is 0.0714. The summed E-state index contributed by atoms with van der Waals surface area (Å²) in [5.41, 5.74) is 3.86. The van der Waals surface area contributed by atoms with Gasteiger partial charge in [-0.1, -0.05) is 58.4 Å². The number of allylic oxidation sites excluding steroid dienone is 2. The van der Waals surface area contributed by atoms with Gasteiger partial charge in [0.2, 0.25) is 0 Å². The van der Waals surface area contributed by atoms with Crippen molar-refractivity contribution in [2.24, 2.45) is 5.92 Å². The molecule has 0 N–H and O–H groups in total. The minimum absolute atomic E-state index is 0.0714. The number of benzene rings is 2. The smallest absolute Gasteiger partial charge is 0.124 e. The first-order valence-corrected chi connectivity index (χ1v) is 9.21. The Bertz CT molecular complexity index is 723. The molecule has 0 heterocycles. The average Bonchev–Trinajstić information content (AvgIpc) is 2.55. The standard InChI is InChI=1S/C19H16BrIO/c20-18-7-3-1-5-15(18)13-9-10-14(12-22)17(11-13)16-6-2-4-8-19(16)21/h1-9,12,14,17H,10-11H2.